The third-order valence-corrected chi connectivity index (χ3v) is 9.12. The largest absolute Gasteiger partial charge is 0.358 e. The second-order valence-corrected chi connectivity index (χ2v) is 11.5. The van der Waals surface area contributed by atoms with Gasteiger partial charge in [0.2, 0.25) is 5.91 Å². The third-order valence-electron chi connectivity index (χ3n) is 8.59. The normalized spacial score (nSPS) is 23.2. The molecule has 0 bridgehead atoms. The number of amides is 1. The summed E-state index contributed by atoms with van der Waals surface area (Å²) in [4.78, 5) is 56.6. The van der Waals surface area contributed by atoms with Crippen LogP contribution in [0.5, 0.6) is 0 Å². The van der Waals surface area contributed by atoms with Crippen molar-refractivity contribution in [3.05, 3.63) is 146 Å². The third kappa shape index (κ3) is 3.63. The van der Waals surface area contributed by atoms with Gasteiger partial charge >= 0.3 is 0 Å². The summed E-state index contributed by atoms with van der Waals surface area (Å²) < 4.78 is 0.780. The first-order valence-corrected chi connectivity index (χ1v) is 14.2. The van der Waals surface area contributed by atoms with Crippen molar-refractivity contribution in [1.82, 2.24) is 4.90 Å². The Bertz CT molecular complexity index is 1850. The fourth-order valence-corrected chi connectivity index (χ4v) is 7.17. The number of benzene rings is 4. The number of fused-ring (bicyclic) bond motifs is 6. The van der Waals surface area contributed by atoms with E-state index in [-0.39, 0.29) is 22.9 Å². The van der Waals surface area contributed by atoms with E-state index in [1.165, 1.54) is 24.3 Å². The molecule has 0 aliphatic carbocycles. The lowest BCUT2D eigenvalue weighted by Gasteiger charge is -2.38. The van der Waals surface area contributed by atoms with Gasteiger partial charge in [-0.15, -0.1) is 0 Å². The van der Waals surface area contributed by atoms with Gasteiger partial charge in [0.1, 0.15) is 11.5 Å². The Balaban J connectivity index is 1.53. The molecule has 0 unspecified atom stereocenters. The monoisotopic (exact) mass is 619 g/mol. The number of nitro benzene ring substituents is 1. The Morgan fingerprint density at radius 1 is 0.881 bits per heavy atom. The molecule has 0 radical (unpaired) electrons. The topological polar surface area (TPSA) is 110 Å². The van der Waals surface area contributed by atoms with Crippen LogP contribution < -0.4 is 5.32 Å². The fraction of sp³-hybridized carbons (Fsp3) is 0.121. The smallest absolute Gasteiger partial charge is 0.270 e. The van der Waals surface area contributed by atoms with Gasteiger partial charge in [-0.05, 0) is 41.0 Å². The highest BCUT2D eigenvalue weighted by atomic mass is 79.9. The van der Waals surface area contributed by atoms with Crippen LogP contribution in [0.2, 0.25) is 0 Å². The van der Waals surface area contributed by atoms with Gasteiger partial charge in [0, 0.05) is 39.6 Å². The number of para-hydroxylation sites is 1. The molecular weight excluding hydrogens is 598 g/mol. The van der Waals surface area contributed by atoms with Crippen LogP contribution in [-0.2, 0) is 10.2 Å². The summed E-state index contributed by atoms with van der Waals surface area (Å²) in [5, 5.41) is 14.6. The number of halogens is 1. The van der Waals surface area contributed by atoms with Crippen molar-refractivity contribution >= 4 is 50.9 Å². The van der Waals surface area contributed by atoms with Crippen molar-refractivity contribution in [2.45, 2.75) is 17.5 Å². The number of hydrogen-bond acceptors (Lipinski definition) is 6. The Hall–Kier alpha value is -4.89. The number of ketones is 2. The summed E-state index contributed by atoms with van der Waals surface area (Å²) in [5.74, 6) is -2.36. The summed E-state index contributed by atoms with van der Waals surface area (Å²) in [7, 11) is 0. The molecule has 1 spiro atoms. The number of hydrogen-bond donors (Lipinski definition) is 1. The maximum atomic E-state index is 14.7. The second-order valence-electron chi connectivity index (χ2n) is 10.6. The molecule has 3 heterocycles. The van der Waals surface area contributed by atoms with Crippen LogP contribution in [0, 0.1) is 16.0 Å². The maximum Gasteiger partial charge on any atom is 0.270 e. The highest BCUT2D eigenvalue weighted by Gasteiger charge is 2.70. The summed E-state index contributed by atoms with van der Waals surface area (Å²) >= 11 is 3.42. The van der Waals surface area contributed by atoms with E-state index in [9.17, 15) is 24.5 Å². The first-order chi connectivity index (χ1) is 20.3. The molecule has 4 aromatic rings. The Morgan fingerprint density at radius 2 is 1.62 bits per heavy atom. The molecule has 0 aromatic heterocycles. The second kappa shape index (κ2) is 9.60. The van der Waals surface area contributed by atoms with Crippen LogP contribution in [-0.4, -0.2) is 33.3 Å². The number of nitro groups is 1. The van der Waals surface area contributed by atoms with Gasteiger partial charge < -0.3 is 10.2 Å². The average Bonchev–Trinajstić information content (AvgIpc) is 3.49. The zero-order valence-corrected chi connectivity index (χ0v) is 23.5. The maximum absolute atomic E-state index is 14.7. The molecule has 1 N–H and O–H groups in total. The van der Waals surface area contributed by atoms with E-state index in [1.54, 1.807) is 36.5 Å². The number of carbonyl (C=O) groups is 3. The standard InChI is InChI=1S/C33H22BrN3O5/c34-22-14-12-20(13-15-22)29(38)27-28(30(39)21-7-5-8-23(18-21)37(41)42)36-17-16-19-6-1-2-9-24(19)31(36)33(27)25-10-3-4-11-26(25)35-32(33)40/h1-18,27-28,31H,(H,35,40)/t27-,28+,31-,33+/m0/s1. The van der Waals surface area contributed by atoms with Crippen LogP contribution in [0.1, 0.15) is 43.4 Å². The molecular formula is C33H22BrN3O5. The minimum Gasteiger partial charge on any atom is -0.358 e. The van der Waals surface area contributed by atoms with E-state index in [2.05, 4.69) is 21.2 Å². The summed E-state index contributed by atoms with van der Waals surface area (Å²) in [6.07, 6.45) is 3.65. The minimum absolute atomic E-state index is 0.0950. The molecule has 4 aromatic carbocycles. The van der Waals surface area contributed by atoms with Gasteiger partial charge in [-0.1, -0.05) is 82.7 Å². The van der Waals surface area contributed by atoms with Crippen molar-refractivity contribution in [2.75, 3.05) is 5.32 Å². The lowest BCUT2D eigenvalue weighted by molar-refractivity contribution is -0.384. The van der Waals surface area contributed by atoms with Crippen LogP contribution >= 0.6 is 15.9 Å². The molecule has 3 aliphatic rings. The van der Waals surface area contributed by atoms with Crippen LogP contribution in [0.15, 0.2) is 108 Å². The van der Waals surface area contributed by atoms with Crippen molar-refractivity contribution in [3.63, 3.8) is 0 Å². The van der Waals surface area contributed by atoms with E-state index in [0.717, 1.165) is 15.6 Å². The summed E-state index contributed by atoms with van der Waals surface area (Å²) in [5.41, 5.74) is 1.67. The highest BCUT2D eigenvalue weighted by molar-refractivity contribution is 9.10. The van der Waals surface area contributed by atoms with Gasteiger partial charge in [0.15, 0.2) is 11.6 Å². The number of anilines is 1. The van der Waals surface area contributed by atoms with E-state index in [4.69, 9.17) is 0 Å². The molecule has 0 saturated carbocycles. The Kier molecular flexibility index (Phi) is 5.95. The van der Waals surface area contributed by atoms with Crippen molar-refractivity contribution in [3.8, 4) is 0 Å². The van der Waals surface area contributed by atoms with Gasteiger partial charge in [0.05, 0.1) is 16.9 Å². The quantitative estimate of drug-likeness (QED) is 0.159. The van der Waals surface area contributed by atoms with Crippen LogP contribution in [0.25, 0.3) is 6.08 Å². The SMILES string of the molecule is O=C(c1ccc(Br)cc1)[C@@H]1[C@H](C(=O)c2cccc([N+](=O)[O-])c2)N2C=Cc3ccccc3[C@H]2[C@]12C(=O)Nc1ccccc12. The van der Waals surface area contributed by atoms with Gasteiger partial charge in [0.25, 0.3) is 5.69 Å². The number of nitrogens with one attached hydrogen (secondary N) is 1. The Labute approximate surface area is 248 Å². The average molecular weight is 620 g/mol. The first-order valence-electron chi connectivity index (χ1n) is 13.4. The zero-order chi connectivity index (χ0) is 29.2. The van der Waals surface area contributed by atoms with E-state index in [1.807, 2.05) is 53.4 Å². The highest BCUT2D eigenvalue weighted by Crippen LogP contribution is 2.62. The molecule has 9 heteroatoms. The predicted molar refractivity (Wildman–Crippen MR) is 160 cm³/mol. The summed E-state index contributed by atoms with van der Waals surface area (Å²) in [6, 6.07) is 25.5. The van der Waals surface area contributed by atoms with Crippen LogP contribution in [0.4, 0.5) is 11.4 Å². The van der Waals surface area contributed by atoms with Crippen LogP contribution in [0.3, 0.4) is 0 Å². The molecule has 42 heavy (non-hydrogen) atoms. The zero-order valence-electron chi connectivity index (χ0n) is 21.9. The minimum atomic E-state index is -1.47. The molecule has 1 amide bonds. The number of nitrogens with zero attached hydrogens (tertiary/aromatic N) is 2. The number of carbonyl (C=O) groups excluding carboxylic acids is 3. The molecule has 1 saturated heterocycles. The van der Waals surface area contributed by atoms with Crippen molar-refractivity contribution < 1.29 is 19.3 Å². The molecule has 7 rings (SSSR count). The van der Waals surface area contributed by atoms with Gasteiger partial charge in [-0.3, -0.25) is 24.5 Å². The summed E-state index contributed by atoms with van der Waals surface area (Å²) in [6.45, 7) is 0. The predicted octanol–water partition coefficient (Wildman–Crippen LogP) is 6.34. The fourth-order valence-electron chi connectivity index (χ4n) is 6.90. The van der Waals surface area contributed by atoms with E-state index in [0.29, 0.717) is 16.8 Å². The first kappa shape index (κ1) is 26.0. The molecule has 3 aliphatic heterocycles. The van der Waals surface area contributed by atoms with Gasteiger partial charge in [-0.25, -0.2) is 0 Å². The lowest BCUT2D eigenvalue weighted by Crippen LogP contribution is -2.49. The number of rotatable bonds is 5. The number of non-ortho nitro benzene ring substituents is 1. The molecule has 8 nitrogen and oxygen atoms in total. The molecule has 206 valence electrons. The van der Waals surface area contributed by atoms with Crippen molar-refractivity contribution in [2.24, 2.45) is 5.92 Å². The van der Waals surface area contributed by atoms with Gasteiger partial charge in [-0.2, -0.15) is 0 Å². The van der Waals surface area contributed by atoms with Crippen molar-refractivity contribution in [1.29, 1.82) is 0 Å². The number of Topliss-reactive ketones (excluding diaryl/α,β-unsaturated/α-hetero) is 2. The molecule has 4 atom stereocenters. The van der Waals surface area contributed by atoms with E-state index >= 15 is 0 Å². The lowest BCUT2D eigenvalue weighted by atomic mass is 9.62. The Morgan fingerprint density at radius 3 is 2.40 bits per heavy atom. The molecule has 1 fully saturated rings. The van der Waals surface area contributed by atoms with E-state index < -0.39 is 34.1 Å².